The van der Waals surface area contributed by atoms with Crippen LogP contribution in [0.4, 0.5) is 5.69 Å². The van der Waals surface area contributed by atoms with Gasteiger partial charge in [0.05, 0.1) is 32.4 Å². The number of aromatic nitrogens is 1. The third-order valence-corrected chi connectivity index (χ3v) is 5.20. The zero-order valence-corrected chi connectivity index (χ0v) is 16.3. The number of hydrogen-bond donors (Lipinski definition) is 1. The van der Waals surface area contributed by atoms with Crippen molar-refractivity contribution >= 4 is 22.9 Å². The molecule has 1 N–H and O–H groups in total. The fourth-order valence-electron chi connectivity index (χ4n) is 2.87. The van der Waals surface area contributed by atoms with Crippen molar-refractivity contribution in [2.24, 2.45) is 0 Å². The number of rotatable bonds is 5. The third kappa shape index (κ3) is 4.26. The average Bonchev–Trinajstić information content (AvgIpc) is 3.04. The quantitative estimate of drug-likeness (QED) is 0.701. The molecule has 2 aromatic carbocycles. The molecule has 0 aliphatic carbocycles. The second-order valence-corrected chi connectivity index (χ2v) is 7.17. The summed E-state index contributed by atoms with van der Waals surface area (Å²) in [5, 5.41) is 5.68. The number of amides is 1. The number of ether oxygens (including phenoxy) is 3. The molecule has 1 aromatic heterocycles. The molecule has 2 heterocycles. The van der Waals surface area contributed by atoms with E-state index in [-0.39, 0.29) is 12.3 Å². The molecular formula is C21H20N2O4S. The summed E-state index contributed by atoms with van der Waals surface area (Å²) >= 11 is 1.52. The fourth-order valence-corrected chi connectivity index (χ4v) is 3.69. The maximum Gasteiger partial charge on any atom is 0.230 e. The highest BCUT2D eigenvalue weighted by atomic mass is 32.1. The number of carbonyl (C=O) groups is 1. The van der Waals surface area contributed by atoms with Crippen LogP contribution in [0.3, 0.4) is 0 Å². The molecule has 0 atom stereocenters. The Bertz CT molecular complexity index is 969. The number of fused-ring (bicyclic) bond motifs is 1. The van der Waals surface area contributed by atoms with E-state index in [1.54, 1.807) is 13.2 Å². The van der Waals surface area contributed by atoms with Gasteiger partial charge in [0.25, 0.3) is 0 Å². The second-order valence-electron chi connectivity index (χ2n) is 6.31. The van der Waals surface area contributed by atoms with Crippen molar-refractivity contribution in [3.8, 4) is 27.8 Å². The first-order valence-electron chi connectivity index (χ1n) is 8.99. The molecule has 1 aliphatic heterocycles. The van der Waals surface area contributed by atoms with Crippen molar-refractivity contribution in [1.29, 1.82) is 0 Å². The molecule has 28 heavy (non-hydrogen) atoms. The van der Waals surface area contributed by atoms with Gasteiger partial charge in [0.2, 0.25) is 5.91 Å². The van der Waals surface area contributed by atoms with Gasteiger partial charge in [0.15, 0.2) is 11.5 Å². The summed E-state index contributed by atoms with van der Waals surface area (Å²) < 4.78 is 16.4. The molecule has 1 amide bonds. The molecule has 4 rings (SSSR count). The minimum atomic E-state index is -0.124. The molecule has 0 saturated carbocycles. The van der Waals surface area contributed by atoms with E-state index in [2.05, 4.69) is 10.3 Å². The van der Waals surface area contributed by atoms with Gasteiger partial charge in [0, 0.05) is 29.1 Å². The van der Waals surface area contributed by atoms with Crippen LogP contribution in [0, 0.1) is 0 Å². The van der Waals surface area contributed by atoms with Crippen LogP contribution in [-0.4, -0.2) is 31.2 Å². The highest BCUT2D eigenvalue weighted by Gasteiger charge is 2.13. The van der Waals surface area contributed by atoms with E-state index in [1.807, 2.05) is 41.8 Å². The molecule has 0 radical (unpaired) electrons. The molecular weight excluding hydrogens is 376 g/mol. The monoisotopic (exact) mass is 396 g/mol. The molecule has 0 spiro atoms. The predicted molar refractivity (Wildman–Crippen MR) is 108 cm³/mol. The smallest absolute Gasteiger partial charge is 0.230 e. The number of anilines is 1. The summed E-state index contributed by atoms with van der Waals surface area (Å²) in [4.78, 5) is 17.0. The highest BCUT2D eigenvalue weighted by molar-refractivity contribution is 7.13. The van der Waals surface area contributed by atoms with Crippen molar-refractivity contribution in [3.63, 3.8) is 0 Å². The van der Waals surface area contributed by atoms with Crippen molar-refractivity contribution in [1.82, 2.24) is 4.98 Å². The van der Waals surface area contributed by atoms with Crippen LogP contribution in [0.1, 0.15) is 12.1 Å². The van der Waals surface area contributed by atoms with Crippen molar-refractivity contribution in [2.75, 3.05) is 25.6 Å². The van der Waals surface area contributed by atoms with E-state index in [4.69, 9.17) is 14.2 Å². The SMILES string of the molecule is COc1ccc(-c2nc(CC(=O)Nc3ccc4c(c3)OCCCO4)cs2)cc1. The number of thiazole rings is 1. The molecule has 144 valence electrons. The summed E-state index contributed by atoms with van der Waals surface area (Å²) in [5.41, 5.74) is 2.42. The number of benzene rings is 2. The number of nitrogens with one attached hydrogen (secondary N) is 1. The Hall–Kier alpha value is -3.06. The van der Waals surface area contributed by atoms with Gasteiger partial charge >= 0.3 is 0 Å². The number of carbonyl (C=O) groups excluding carboxylic acids is 1. The van der Waals surface area contributed by atoms with Gasteiger partial charge in [-0.3, -0.25) is 4.79 Å². The van der Waals surface area contributed by atoms with Gasteiger partial charge in [-0.25, -0.2) is 4.98 Å². The molecule has 6 nitrogen and oxygen atoms in total. The first-order chi connectivity index (χ1) is 13.7. The van der Waals surface area contributed by atoms with Crippen molar-refractivity contribution in [2.45, 2.75) is 12.8 Å². The number of nitrogens with zero attached hydrogens (tertiary/aromatic N) is 1. The van der Waals surface area contributed by atoms with Crippen LogP contribution >= 0.6 is 11.3 Å². The van der Waals surface area contributed by atoms with Crippen LogP contribution in [0.5, 0.6) is 17.2 Å². The summed E-state index contributed by atoms with van der Waals surface area (Å²) in [7, 11) is 1.64. The van der Waals surface area contributed by atoms with E-state index in [0.717, 1.165) is 28.4 Å². The topological polar surface area (TPSA) is 69.7 Å². The third-order valence-electron chi connectivity index (χ3n) is 4.26. The molecule has 0 fully saturated rings. The Balaban J connectivity index is 1.40. The Kier molecular flexibility index (Phi) is 5.43. The summed E-state index contributed by atoms with van der Waals surface area (Å²) in [5.74, 6) is 2.04. The fraction of sp³-hybridized carbons (Fsp3) is 0.238. The van der Waals surface area contributed by atoms with Gasteiger partial charge in [-0.1, -0.05) is 0 Å². The average molecular weight is 396 g/mol. The number of methoxy groups -OCH3 is 1. The zero-order chi connectivity index (χ0) is 19.3. The zero-order valence-electron chi connectivity index (χ0n) is 15.4. The lowest BCUT2D eigenvalue weighted by Crippen LogP contribution is -2.14. The first kappa shape index (κ1) is 18.3. The lowest BCUT2D eigenvalue weighted by molar-refractivity contribution is -0.115. The van der Waals surface area contributed by atoms with E-state index in [1.165, 1.54) is 11.3 Å². The van der Waals surface area contributed by atoms with Gasteiger partial charge in [0.1, 0.15) is 10.8 Å². The maximum atomic E-state index is 12.4. The van der Waals surface area contributed by atoms with E-state index in [0.29, 0.717) is 30.4 Å². The first-order valence-corrected chi connectivity index (χ1v) is 9.87. The second kappa shape index (κ2) is 8.31. The summed E-state index contributed by atoms with van der Waals surface area (Å²) in [6.45, 7) is 1.25. The van der Waals surface area contributed by atoms with Gasteiger partial charge in [-0.2, -0.15) is 0 Å². The van der Waals surface area contributed by atoms with E-state index >= 15 is 0 Å². The van der Waals surface area contributed by atoms with Crippen molar-refractivity contribution in [3.05, 3.63) is 53.5 Å². The normalized spacial score (nSPS) is 12.9. The van der Waals surface area contributed by atoms with Crippen molar-refractivity contribution < 1.29 is 19.0 Å². The lowest BCUT2D eigenvalue weighted by atomic mass is 10.2. The Morgan fingerprint density at radius 1 is 1.14 bits per heavy atom. The van der Waals surface area contributed by atoms with Crippen LogP contribution < -0.4 is 19.5 Å². The standard InChI is InChI=1S/C21H20N2O4S/c1-25-17-6-3-14(4-7-17)21-23-16(13-28-21)12-20(24)22-15-5-8-18-19(11-15)27-10-2-9-26-18/h3-8,11,13H,2,9-10,12H2,1H3,(H,22,24). The molecule has 3 aromatic rings. The summed E-state index contributed by atoms with van der Waals surface area (Å²) in [6, 6.07) is 13.1. The van der Waals surface area contributed by atoms with Gasteiger partial charge < -0.3 is 19.5 Å². The van der Waals surface area contributed by atoms with E-state index in [9.17, 15) is 4.79 Å². The molecule has 0 unspecified atom stereocenters. The Labute approximate surface area is 167 Å². The molecule has 0 bridgehead atoms. The summed E-state index contributed by atoms with van der Waals surface area (Å²) in [6.07, 6.45) is 1.05. The molecule has 0 saturated heterocycles. The minimum absolute atomic E-state index is 0.124. The van der Waals surface area contributed by atoms with Crippen LogP contribution in [0.25, 0.3) is 10.6 Å². The van der Waals surface area contributed by atoms with Crippen LogP contribution in [0.2, 0.25) is 0 Å². The Morgan fingerprint density at radius 3 is 2.71 bits per heavy atom. The van der Waals surface area contributed by atoms with Gasteiger partial charge in [-0.15, -0.1) is 11.3 Å². The minimum Gasteiger partial charge on any atom is -0.497 e. The molecule has 1 aliphatic rings. The van der Waals surface area contributed by atoms with Crippen LogP contribution in [-0.2, 0) is 11.2 Å². The number of hydrogen-bond acceptors (Lipinski definition) is 6. The van der Waals surface area contributed by atoms with Gasteiger partial charge in [-0.05, 0) is 36.4 Å². The maximum absolute atomic E-state index is 12.4. The predicted octanol–water partition coefficient (Wildman–Crippen LogP) is 4.16. The Morgan fingerprint density at radius 2 is 1.93 bits per heavy atom. The highest BCUT2D eigenvalue weighted by Crippen LogP contribution is 2.32. The molecule has 7 heteroatoms. The lowest BCUT2D eigenvalue weighted by Gasteiger charge is -2.10. The van der Waals surface area contributed by atoms with E-state index < -0.39 is 0 Å². The van der Waals surface area contributed by atoms with Crippen LogP contribution in [0.15, 0.2) is 47.8 Å². The largest absolute Gasteiger partial charge is 0.497 e.